The highest BCUT2D eigenvalue weighted by Gasteiger charge is 2.34. The second kappa shape index (κ2) is 7.51. The van der Waals surface area contributed by atoms with Crippen molar-refractivity contribution >= 4 is 11.6 Å². The van der Waals surface area contributed by atoms with E-state index < -0.39 is 6.10 Å². The van der Waals surface area contributed by atoms with Gasteiger partial charge in [-0.3, -0.25) is 4.79 Å². The van der Waals surface area contributed by atoms with Gasteiger partial charge in [-0.1, -0.05) is 0 Å². The van der Waals surface area contributed by atoms with Gasteiger partial charge >= 0.3 is 0 Å². The van der Waals surface area contributed by atoms with Gasteiger partial charge in [0.2, 0.25) is 0 Å². The van der Waals surface area contributed by atoms with E-state index in [9.17, 15) is 9.90 Å². The van der Waals surface area contributed by atoms with Crippen molar-refractivity contribution in [1.29, 1.82) is 0 Å². The Balaban J connectivity index is 1.69. The molecule has 2 saturated heterocycles. The zero-order chi connectivity index (χ0) is 17.1. The Kier molecular flexibility index (Phi) is 5.38. The molecule has 2 atom stereocenters. The molecule has 2 aliphatic heterocycles. The van der Waals surface area contributed by atoms with Crippen LogP contribution in [0.15, 0.2) is 24.3 Å². The SMILES string of the molecule is CCN(C(=O)c1ccc(N2CCN(C)CC2)cc1)[C@H]1COC[C@@H]1O. The van der Waals surface area contributed by atoms with E-state index in [1.807, 2.05) is 31.2 Å². The zero-order valence-electron chi connectivity index (χ0n) is 14.5. The summed E-state index contributed by atoms with van der Waals surface area (Å²) in [5.41, 5.74) is 1.82. The van der Waals surface area contributed by atoms with Crippen molar-refractivity contribution < 1.29 is 14.6 Å². The molecule has 0 spiro atoms. The molecule has 0 unspecified atom stereocenters. The largest absolute Gasteiger partial charge is 0.388 e. The maximum absolute atomic E-state index is 12.8. The van der Waals surface area contributed by atoms with Crippen LogP contribution in [-0.4, -0.2) is 85.9 Å². The summed E-state index contributed by atoms with van der Waals surface area (Å²) >= 11 is 0. The Labute approximate surface area is 143 Å². The van der Waals surface area contributed by atoms with E-state index in [1.54, 1.807) is 4.90 Å². The fourth-order valence-electron chi connectivity index (χ4n) is 3.40. The van der Waals surface area contributed by atoms with Crippen molar-refractivity contribution in [2.75, 3.05) is 57.9 Å². The van der Waals surface area contributed by atoms with Gasteiger partial charge < -0.3 is 24.5 Å². The quantitative estimate of drug-likeness (QED) is 0.877. The fourth-order valence-corrected chi connectivity index (χ4v) is 3.40. The van der Waals surface area contributed by atoms with Gasteiger partial charge in [-0.15, -0.1) is 0 Å². The molecule has 1 aromatic rings. The summed E-state index contributed by atoms with van der Waals surface area (Å²) in [4.78, 5) is 19.2. The van der Waals surface area contributed by atoms with Crippen LogP contribution in [0.3, 0.4) is 0 Å². The molecule has 2 fully saturated rings. The predicted octanol–water partition coefficient (Wildman–Crippen LogP) is 0.660. The maximum atomic E-state index is 12.8. The average molecular weight is 333 g/mol. The molecule has 2 heterocycles. The van der Waals surface area contributed by atoms with Crippen LogP contribution in [0.4, 0.5) is 5.69 Å². The third-order valence-corrected chi connectivity index (χ3v) is 5.01. The molecule has 1 N–H and O–H groups in total. The van der Waals surface area contributed by atoms with Crippen LogP contribution in [0.25, 0.3) is 0 Å². The summed E-state index contributed by atoms with van der Waals surface area (Å²) in [7, 11) is 2.14. The lowest BCUT2D eigenvalue weighted by Crippen LogP contribution is -2.46. The topological polar surface area (TPSA) is 56.3 Å². The highest BCUT2D eigenvalue weighted by Crippen LogP contribution is 2.20. The molecule has 0 bridgehead atoms. The van der Waals surface area contributed by atoms with Crippen LogP contribution >= 0.6 is 0 Å². The van der Waals surface area contributed by atoms with Gasteiger partial charge in [-0.05, 0) is 38.2 Å². The van der Waals surface area contributed by atoms with Gasteiger partial charge in [0.1, 0.15) is 0 Å². The summed E-state index contributed by atoms with van der Waals surface area (Å²) in [5.74, 6) is -0.0445. The maximum Gasteiger partial charge on any atom is 0.254 e. The zero-order valence-corrected chi connectivity index (χ0v) is 14.5. The number of aliphatic hydroxyl groups is 1. The van der Waals surface area contributed by atoms with Gasteiger partial charge in [0.05, 0.1) is 25.4 Å². The summed E-state index contributed by atoms with van der Waals surface area (Å²) in [5, 5.41) is 9.99. The van der Waals surface area contributed by atoms with Gasteiger partial charge in [0, 0.05) is 44.0 Å². The number of aliphatic hydroxyl groups excluding tert-OH is 1. The number of nitrogens with zero attached hydrogens (tertiary/aromatic N) is 3. The Morgan fingerprint density at radius 1 is 1.21 bits per heavy atom. The minimum atomic E-state index is -0.599. The van der Waals surface area contributed by atoms with Crippen LogP contribution in [-0.2, 0) is 4.74 Å². The number of carbonyl (C=O) groups excluding carboxylic acids is 1. The lowest BCUT2D eigenvalue weighted by atomic mass is 10.1. The number of piperazine rings is 1. The Morgan fingerprint density at radius 2 is 1.88 bits per heavy atom. The van der Waals surface area contributed by atoms with Crippen molar-refractivity contribution in [2.24, 2.45) is 0 Å². The molecular formula is C18H27N3O3. The van der Waals surface area contributed by atoms with E-state index in [4.69, 9.17) is 4.74 Å². The molecule has 132 valence electrons. The number of rotatable bonds is 4. The number of carbonyl (C=O) groups is 1. The molecule has 0 aliphatic carbocycles. The Bertz CT molecular complexity index is 555. The van der Waals surface area contributed by atoms with Crippen molar-refractivity contribution in [3.8, 4) is 0 Å². The molecule has 0 aromatic heterocycles. The smallest absolute Gasteiger partial charge is 0.254 e. The van der Waals surface area contributed by atoms with E-state index in [0.717, 1.165) is 31.9 Å². The van der Waals surface area contributed by atoms with Crippen LogP contribution in [0.1, 0.15) is 17.3 Å². The number of likely N-dealkylation sites (N-methyl/N-ethyl adjacent to an activating group) is 2. The molecule has 0 radical (unpaired) electrons. The third-order valence-electron chi connectivity index (χ3n) is 5.01. The van der Waals surface area contributed by atoms with Gasteiger partial charge in [0.15, 0.2) is 0 Å². The minimum Gasteiger partial charge on any atom is -0.388 e. The Hall–Kier alpha value is -1.63. The minimum absolute atomic E-state index is 0.0445. The van der Waals surface area contributed by atoms with Crippen molar-refractivity contribution in [1.82, 2.24) is 9.80 Å². The van der Waals surface area contributed by atoms with Crippen molar-refractivity contribution in [3.63, 3.8) is 0 Å². The number of hydrogen-bond donors (Lipinski definition) is 1. The van der Waals surface area contributed by atoms with Crippen LogP contribution < -0.4 is 4.90 Å². The first-order chi connectivity index (χ1) is 11.6. The highest BCUT2D eigenvalue weighted by atomic mass is 16.5. The fraction of sp³-hybridized carbons (Fsp3) is 0.611. The molecule has 0 saturated carbocycles. The van der Waals surface area contributed by atoms with E-state index in [0.29, 0.717) is 25.3 Å². The van der Waals surface area contributed by atoms with Crippen LogP contribution in [0.5, 0.6) is 0 Å². The van der Waals surface area contributed by atoms with Crippen LogP contribution in [0.2, 0.25) is 0 Å². The second-order valence-corrected chi connectivity index (χ2v) is 6.60. The third kappa shape index (κ3) is 3.55. The Morgan fingerprint density at radius 3 is 2.42 bits per heavy atom. The monoisotopic (exact) mass is 333 g/mol. The molecule has 1 aromatic carbocycles. The number of ether oxygens (including phenoxy) is 1. The second-order valence-electron chi connectivity index (χ2n) is 6.60. The first-order valence-corrected chi connectivity index (χ1v) is 8.70. The first kappa shape index (κ1) is 17.2. The molecule has 2 aliphatic rings. The van der Waals surface area contributed by atoms with Crippen molar-refractivity contribution in [2.45, 2.75) is 19.1 Å². The van der Waals surface area contributed by atoms with E-state index in [2.05, 4.69) is 16.8 Å². The normalized spacial score (nSPS) is 25.0. The van der Waals surface area contributed by atoms with Crippen LogP contribution in [0, 0.1) is 0 Å². The summed E-state index contributed by atoms with van der Waals surface area (Å²) in [6.07, 6.45) is -0.599. The summed E-state index contributed by atoms with van der Waals surface area (Å²) in [6.45, 7) is 7.34. The lowest BCUT2D eigenvalue weighted by Gasteiger charge is -2.34. The van der Waals surface area contributed by atoms with E-state index in [-0.39, 0.29) is 11.9 Å². The molecule has 3 rings (SSSR count). The van der Waals surface area contributed by atoms with Gasteiger partial charge in [-0.2, -0.15) is 0 Å². The van der Waals surface area contributed by atoms with Gasteiger partial charge in [-0.25, -0.2) is 0 Å². The molecule has 6 heteroatoms. The van der Waals surface area contributed by atoms with E-state index in [1.165, 1.54) is 0 Å². The molecule has 24 heavy (non-hydrogen) atoms. The van der Waals surface area contributed by atoms with Gasteiger partial charge in [0.25, 0.3) is 5.91 Å². The number of benzene rings is 1. The molecular weight excluding hydrogens is 306 g/mol. The molecule has 1 amide bonds. The summed E-state index contributed by atoms with van der Waals surface area (Å²) in [6, 6.07) is 7.57. The van der Waals surface area contributed by atoms with E-state index >= 15 is 0 Å². The predicted molar refractivity (Wildman–Crippen MR) is 93.5 cm³/mol. The number of amides is 1. The standard InChI is InChI=1S/C18H27N3O3/c1-3-21(16-12-24-13-17(16)22)18(23)14-4-6-15(7-5-14)20-10-8-19(2)9-11-20/h4-7,16-17,22H,3,8-13H2,1-2H3/t16-,17-/m0/s1. The highest BCUT2D eigenvalue weighted by molar-refractivity contribution is 5.94. The number of hydrogen-bond acceptors (Lipinski definition) is 5. The first-order valence-electron chi connectivity index (χ1n) is 8.70. The number of anilines is 1. The van der Waals surface area contributed by atoms with Crippen molar-refractivity contribution in [3.05, 3.63) is 29.8 Å². The molecule has 6 nitrogen and oxygen atoms in total. The summed E-state index contributed by atoms with van der Waals surface area (Å²) < 4.78 is 5.29. The average Bonchev–Trinajstić information content (AvgIpc) is 3.02. The lowest BCUT2D eigenvalue weighted by molar-refractivity contribution is 0.0520.